The van der Waals surface area contributed by atoms with Crippen LogP contribution in [0.15, 0.2) is 43.0 Å². The summed E-state index contributed by atoms with van der Waals surface area (Å²) in [6.07, 6.45) is 10.4. The van der Waals surface area contributed by atoms with E-state index in [4.69, 9.17) is 0 Å². The molecule has 188 valence electrons. The van der Waals surface area contributed by atoms with Gasteiger partial charge in [-0.2, -0.15) is 0 Å². The number of nitrogens with one attached hydrogen (secondary N) is 3. The number of aliphatic carboxylic acids is 1. The van der Waals surface area contributed by atoms with Gasteiger partial charge in [0.05, 0.1) is 11.6 Å². The molecule has 12 heteroatoms. The first-order valence-corrected chi connectivity index (χ1v) is 11.9. The summed E-state index contributed by atoms with van der Waals surface area (Å²) in [6.45, 7) is 6.07. The standard InChI is InChI=1S/C24H29N9O3/c1-3-25-23(36)30-18-15-32-19(29-18)11-16(12-20(32)33-8-4-7-28-33)17-13-26-22(27-14-17)31-9-5-24(2,6-10-31)21(34)35/h4,8,11-15,28H,3,5-7,9-10H2,1-2H3,(H,34,35)(H2,25,30,36). The first-order valence-electron chi connectivity index (χ1n) is 11.9. The van der Waals surface area contributed by atoms with E-state index in [0.29, 0.717) is 56.4 Å². The number of aromatic nitrogens is 4. The third-order valence-corrected chi connectivity index (χ3v) is 6.65. The number of fused-ring (bicyclic) bond motifs is 1. The van der Waals surface area contributed by atoms with Crippen molar-refractivity contribution in [1.29, 1.82) is 0 Å². The number of urea groups is 1. The van der Waals surface area contributed by atoms with Crippen molar-refractivity contribution >= 4 is 35.2 Å². The van der Waals surface area contributed by atoms with Crippen molar-refractivity contribution in [1.82, 2.24) is 30.1 Å². The Bertz CT molecular complexity index is 1310. The molecule has 1 saturated heterocycles. The molecule has 36 heavy (non-hydrogen) atoms. The van der Waals surface area contributed by atoms with Gasteiger partial charge in [0.2, 0.25) is 5.95 Å². The summed E-state index contributed by atoms with van der Waals surface area (Å²) in [4.78, 5) is 39.3. The van der Waals surface area contributed by atoms with Crippen LogP contribution in [0.2, 0.25) is 0 Å². The van der Waals surface area contributed by atoms with Gasteiger partial charge in [-0.05, 0) is 44.4 Å². The van der Waals surface area contributed by atoms with Crippen LogP contribution in [0.1, 0.15) is 26.7 Å². The lowest BCUT2D eigenvalue weighted by molar-refractivity contribution is -0.149. The number of hydrazine groups is 1. The summed E-state index contributed by atoms with van der Waals surface area (Å²) in [5.41, 5.74) is 4.93. The molecule has 5 rings (SSSR count). The van der Waals surface area contributed by atoms with E-state index in [2.05, 4.69) is 31.0 Å². The van der Waals surface area contributed by atoms with Crippen LogP contribution in [0.3, 0.4) is 0 Å². The minimum atomic E-state index is -0.754. The number of amides is 2. The number of carbonyl (C=O) groups excluding carboxylic acids is 1. The Labute approximate surface area is 208 Å². The largest absolute Gasteiger partial charge is 0.481 e. The second-order valence-corrected chi connectivity index (χ2v) is 9.18. The van der Waals surface area contributed by atoms with Crippen LogP contribution >= 0.6 is 0 Å². The summed E-state index contributed by atoms with van der Waals surface area (Å²) < 4.78 is 1.90. The van der Waals surface area contributed by atoms with Crippen molar-refractivity contribution < 1.29 is 14.7 Å². The van der Waals surface area contributed by atoms with Crippen LogP contribution in [0.4, 0.5) is 22.4 Å². The van der Waals surface area contributed by atoms with Crippen LogP contribution in [0.5, 0.6) is 0 Å². The molecule has 0 aromatic carbocycles. The van der Waals surface area contributed by atoms with Gasteiger partial charge in [-0.3, -0.25) is 19.5 Å². The number of rotatable bonds is 6. The highest BCUT2D eigenvalue weighted by Gasteiger charge is 2.37. The Kier molecular flexibility index (Phi) is 6.18. The molecule has 3 aromatic rings. The molecule has 5 heterocycles. The van der Waals surface area contributed by atoms with Crippen LogP contribution in [-0.4, -0.2) is 62.6 Å². The van der Waals surface area contributed by atoms with E-state index >= 15 is 0 Å². The summed E-state index contributed by atoms with van der Waals surface area (Å²) in [5.74, 6) is 1.09. The van der Waals surface area contributed by atoms with Crippen molar-refractivity contribution in [2.45, 2.75) is 26.7 Å². The van der Waals surface area contributed by atoms with Crippen LogP contribution in [0.25, 0.3) is 16.8 Å². The smallest absolute Gasteiger partial charge is 0.320 e. The van der Waals surface area contributed by atoms with Gasteiger partial charge in [0, 0.05) is 50.3 Å². The number of carboxylic acids is 1. The highest BCUT2D eigenvalue weighted by molar-refractivity contribution is 5.88. The van der Waals surface area contributed by atoms with Gasteiger partial charge < -0.3 is 15.3 Å². The van der Waals surface area contributed by atoms with Crippen LogP contribution < -0.4 is 26.0 Å². The molecule has 0 bridgehead atoms. The van der Waals surface area contributed by atoms with Crippen molar-refractivity contribution in [3.8, 4) is 11.1 Å². The molecule has 1 fully saturated rings. The maximum atomic E-state index is 12.0. The lowest BCUT2D eigenvalue weighted by Gasteiger charge is -2.36. The van der Waals surface area contributed by atoms with E-state index in [1.54, 1.807) is 25.5 Å². The molecule has 0 aliphatic carbocycles. The van der Waals surface area contributed by atoms with Gasteiger partial charge in [-0.15, -0.1) is 0 Å². The predicted molar refractivity (Wildman–Crippen MR) is 136 cm³/mol. The number of hydrogen-bond acceptors (Lipinski definition) is 8. The Morgan fingerprint density at radius 1 is 1.17 bits per heavy atom. The zero-order valence-corrected chi connectivity index (χ0v) is 20.2. The molecule has 12 nitrogen and oxygen atoms in total. The normalized spacial score (nSPS) is 16.9. The maximum Gasteiger partial charge on any atom is 0.320 e. The Hall–Kier alpha value is -4.19. The first kappa shape index (κ1) is 23.5. The lowest BCUT2D eigenvalue weighted by atomic mass is 9.80. The molecule has 0 spiro atoms. The Morgan fingerprint density at radius 3 is 2.56 bits per heavy atom. The van der Waals surface area contributed by atoms with Gasteiger partial charge in [-0.1, -0.05) is 6.08 Å². The maximum absolute atomic E-state index is 12.0. The first-order chi connectivity index (χ1) is 17.4. The molecular weight excluding hydrogens is 462 g/mol. The highest BCUT2D eigenvalue weighted by atomic mass is 16.4. The van der Waals surface area contributed by atoms with E-state index in [1.807, 2.05) is 45.6 Å². The minimum Gasteiger partial charge on any atom is -0.481 e. The van der Waals surface area contributed by atoms with Crippen molar-refractivity contribution in [3.05, 3.63) is 43.0 Å². The number of carboxylic acid groups (broad SMARTS) is 1. The number of imidazole rings is 1. The number of hydrogen-bond donors (Lipinski definition) is 4. The molecule has 0 atom stereocenters. The van der Waals surface area contributed by atoms with E-state index in [-0.39, 0.29) is 6.03 Å². The second-order valence-electron chi connectivity index (χ2n) is 9.18. The number of carbonyl (C=O) groups is 2. The minimum absolute atomic E-state index is 0.313. The predicted octanol–water partition coefficient (Wildman–Crippen LogP) is 2.46. The number of nitrogens with zero attached hydrogens (tertiary/aromatic N) is 6. The van der Waals surface area contributed by atoms with E-state index in [9.17, 15) is 14.7 Å². The molecular formula is C24H29N9O3. The van der Waals surface area contributed by atoms with E-state index in [1.165, 1.54) is 0 Å². The third-order valence-electron chi connectivity index (χ3n) is 6.65. The topological polar surface area (TPSA) is 140 Å². The van der Waals surface area contributed by atoms with Crippen LogP contribution in [-0.2, 0) is 4.79 Å². The average Bonchev–Trinajstić information content (AvgIpc) is 3.54. The quantitative estimate of drug-likeness (QED) is 0.409. The zero-order valence-electron chi connectivity index (χ0n) is 20.2. The van der Waals surface area contributed by atoms with Gasteiger partial charge in [0.1, 0.15) is 11.5 Å². The molecule has 4 N–H and O–H groups in total. The van der Waals surface area contributed by atoms with E-state index < -0.39 is 11.4 Å². The third kappa shape index (κ3) is 4.54. The fourth-order valence-corrected chi connectivity index (χ4v) is 4.37. The number of piperidine rings is 1. The monoisotopic (exact) mass is 491 g/mol. The van der Waals surface area contributed by atoms with Crippen molar-refractivity contribution in [2.24, 2.45) is 5.41 Å². The highest BCUT2D eigenvalue weighted by Crippen LogP contribution is 2.33. The SMILES string of the molecule is CCNC(=O)Nc1cn2c(N3C=CCN3)cc(-c3cnc(N4CCC(C)(C(=O)O)CC4)nc3)cc2n1. The fraction of sp³-hybridized carbons (Fsp3) is 0.375. The second kappa shape index (κ2) is 9.46. The summed E-state index contributed by atoms with van der Waals surface area (Å²) >= 11 is 0. The van der Waals surface area contributed by atoms with Crippen molar-refractivity contribution in [3.63, 3.8) is 0 Å². The molecule has 0 saturated carbocycles. The Balaban J connectivity index is 1.42. The van der Waals surface area contributed by atoms with Gasteiger partial charge in [0.25, 0.3) is 0 Å². The molecule has 2 amide bonds. The fourth-order valence-electron chi connectivity index (χ4n) is 4.37. The average molecular weight is 492 g/mol. The Morgan fingerprint density at radius 2 is 1.92 bits per heavy atom. The number of anilines is 3. The molecule has 2 aliphatic heterocycles. The summed E-state index contributed by atoms with van der Waals surface area (Å²) in [5, 5.41) is 16.8. The lowest BCUT2D eigenvalue weighted by Crippen LogP contribution is -2.43. The van der Waals surface area contributed by atoms with Crippen LogP contribution in [0, 0.1) is 5.41 Å². The zero-order chi connectivity index (χ0) is 25.3. The van der Waals surface area contributed by atoms with Gasteiger partial charge >= 0.3 is 12.0 Å². The molecule has 2 aliphatic rings. The number of pyridine rings is 1. The molecule has 3 aromatic heterocycles. The molecule has 0 radical (unpaired) electrons. The van der Waals surface area contributed by atoms with E-state index in [0.717, 1.165) is 16.9 Å². The molecule has 0 unspecified atom stereocenters. The summed E-state index contributed by atoms with van der Waals surface area (Å²) in [6, 6.07) is 3.61. The van der Waals surface area contributed by atoms with Crippen molar-refractivity contribution in [2.75, 3.05) is 41.4 Å². The summed E-state index contributed by atoms with van der Waals surface area (Å²) in [7, 11) is 0. The van der Waals surface area contributed by atoms with Gasteiger partial charge in [0.15, 0.2) is 5.82 Å². The van der Waals surface area contributed by atoms with Gasteiger partial charge in [-0.25, -0.2) is 25.2 Å².